The molecule has 0 aromatic heterocycles. The molecule has 0 saturated carbocycles. The minimum Gasteiger partial charge on any atom is -0.103 e. The average Bonchev–Trinajstić information content (AvgIpc) is 2.19. The minimum absolute atomic E-state index is 1.12. The Morgan fingerprint density at radius 3 is 2.57 bits per heavy atom. The van der Waals surface area contributed by atoms with E-state index in [2.05, 4.69) is 37.8 Å². The molecule has 0 unspecified atom stereocenters. The first-order valence-electron chi connectivity index (χ1n) is 5.55. The molecule has 0 amide bonds. The smallest absolute Gasteiger partial charge is 0.0276 e. The van der Waals surface area contributed by atoms with Gasteiger partial charge in [0, 0.05) is 0 Å². The van der Waals surface area contributed by atoms with Crippen LogP contribution in [0.15, 0.2) is 36.9 Å². The van der Waals surface area contributed by atoms with E-state index in [4.69, 9.17) is 0 Å². The second-order valence-electron chi connectivity index (χ2n) is 3.75. The molecule has 76 valence electrons. The zero-order valence-electron chi connectivity index (χ0n) is 9.13. The highest BCUT2D eigenvalue weighted by Gasteiger charge is 1.94. The molecule has 1 aromatic carbocycles. The van der Waals surface area contributed by atoms with Gasteiger partial charge in [-0.15, -0.1) is 6.58 Å². The van der Waals surface area contributed by atoms with Gasteiger partial charge in [0.25, 0.3) is 0 Å². The van der Waals surface area contributed by atoms with Crippen molar-refractivity contribution in [2.75, 3.05) is 0 Å². The van der Waals surface area contributed by atoms with Gasteiger partial charge in [0.1, 0.15) is 0 Å². The molecule has 0 spiro atoms. The van der Waals surface area contributed by atoms with Gasteiger partial charge < -0.3 is 0 Å². The SMILES string of the molecule is C=CCCCc1cccc(CCC)c1. The van der Waals surface area contributed by atoms with Crippen LogP contribution in [-0.2, 0) is 12.8 Å². The summed E-state index contributed by atoms with van der Waals surface area (Å²) in [6.45, 7) is 5.97. The Labute approximate surface area is 87.7 Å². The van der Waals surface area contributed by atoms with Crippen molar-refractivity contribution in [1.29, 1.82) is 0 Å². The van der Waals surface area contributed by atoms with Crippen LogP contribution < -0.4 is 0 Å². The Morgan fingerprint density at radius 2 is 1.93 bits per heavy atom. The molecule has 0 fully saturated rings. The van der Waals surface area contributed by atoms with E-state index in [1.807, 2.05) is 6.08 Å². The molecular formula is C14H20. The number of rotatable bonds is 6. The van der Waals surface area contributed by atoms with Crippen molar-refractivity contribution >= 4 is 0 Å². The first-order chi connectivity index (χ1) is 6.86. The van der Waals surface area contributed by atoms with Gasteiger partial charge in [0.05, 0.1) is 0 Å². The summed E-state index contributed by atoms with van der Waals surface area (Å²) in [5.41, 5.74) is 2.95. The molecule has 14 heavy (non-hydrogen) atoms. The van der Waals surface area contributed by atoms with Crippen LogP contribution >= 0.6 is 0 Å². The maximum Gasteiger partial charge on any atom is -0.0276 e. The summed E-state index contributed by atoms with van der Waals surface area (Å²) in [7, 11) is 0. The molecule has 0 bridgehead atoms. The maximum absolute atomic E-state index is 3.74. The molecule has 0 saturated heterocycles. The van der Waals surface area contributed by atoms with Crippen molar-refractivity contribution in [2.45, 2.75) is 39.0 Å². The van der Waals surface area contributed by atoms with Crippen LogP contribution in [0.1, 0.15) is 37.3 Å². The van der Waals surface area contributed by atoms with Crippen LogP contribution in [0.25, 0.3) is 0 Å². The predicted molar refractivity (Wildman–Crippen MR) is 63.6 cm³/mol. The Kier molecular flexibility index (Phi) is 5.06. The van der Waals surface area contributed by atoms with Crippen molar-refractivity contribution in [3.8, 4) is 0 Å². The lowest BCUT2D eigenvalue weighted by Crippen LogP contribution is -1.88. The average molecular weight is 188 g/mol. The van der Waals surface area contributed by atoms with Crippen molar-refractivity contribution in [3.05, 3.63) is 48.0 Å². The van der Waals surface area contributed by atoms with Crippen LogP contribution in [0, 0.1) is 0 Å². The molecule has 0 N–H and O–H groups in total. The zero-order valence-corrected chi connectivity index (χ0v) is 9.13. The number of unbranched alkanes of at least 4 members (excludes halogenated alkanes) is 1. The van der Waals surface area contributed by atoms with Crippen LogP contribution in [0.2, 0.25) is 0 Å². The quantitative estimate of drug-likeness (QED) is 0.465. The lowest BCUT2D eigenvalue weighted by Gasteiger charge is -2.03. The summed E-state index contributed by atoms with van der Waals surface area (Å²) in [6.07, 6.45) is 7.96. The third-order valence-corrected chi connectivity index (χ3v) is 2.40. The van der Waals surface area contributed by atoms with E-state index in [0.29, 0.717) is 0 Å². The second kappa shape index (κ2) is 6.42. The van der Waals surface area contributed by atoms with Crippen LogP contribution in [0.4, 0.5) is 0 Å². The van der Waals surface area contributed by atoms with Gasteiger partial charge in [-0.2, -0.15) is 0 Å². The van der Waals surface area contributed by atoms with Gasteiger partial charge in [0.2, 0.25) is 0 Å². The molecule has 1 aromatic rings. The highest BCUT2D eigenvalue weighted by molar-refractivity contribution is 5.23. The Hall–Kier alpha value is -1.04. The van der Waals surface area contributed by atoms with Crippen LogP contribution in [0.3, 0.4) is 0 Å². The van der Waals surface area contributed by atoms with E-state index < -0.39 is 0 Å². The lowest BCUT2D eigenvalue weighted by atomic mass is 10.0. The summed E-state index contributed by atoms with van der Waals surface area (Å²) < 4.78 is 0. The number of hydrogen-bond acceptors (Lipinski definition) is 0. The molecule has 0 aliphatic carbocycles. The van der Waals surface area contributed by atoms with Gasteiger partial charge in [-0.1, -0.05) is 43.7 Å². The summed E-state index contributed by atoms with van der Waals surface area (Å²) >= 11 is 0. The third kappa shape index (κ3) is 3.78. The van der Waals surface area contributed by atoms with E-state index >= 15 is 0 Å². The number of aryl methyl sites for hydroxylation is 2. The van der Waals surface area contributed by atoms with Crippen molar-refractivity contribution in [3.63, 3.8) is 0 Å². The Morgan fingerprint density at radius 1 is 1.21 bits per heavy atom. The van der Waals surface area contributed by atoms with Crippen LogP contribution in [-0.4, -0.2) is 0 Å². The lowest BCUT2D eigenvalue weighted by molar-refractivity contribution is 0.838. The Balaban J connectivity index is 2.50. The molecule has 1 rings (SSSR count). The zero-order chi connectivity index (χ0) is 10.2. The summed E-state index contributed by atoms with van der Waals surface area (Å²) in [6, 6.07) is 8.96. The molecule has 0 aliphatic rings. The van der Waals surface area contributed by atoms with E-state index in [-0.39, 0.29) is 0 Å². The summed E-state index contributed by atoms with van der Waals surface area (Å²) in [5, 5.41) is 0. The third-order valence-electron chi connectivity index (χ3n) is 2.40. The standard InChI is InChI=1S/C14H20/c1-3-5-6-9-14-11-7-10-13(12-14)8-4-2/h3,7,10-12H,1,4-6,8-9H2,2H3. The predicted octanol–water partition coefficient (Wildman–Crippen LogP) is 4.15. The molecule has 0 radical (unpaired) electrons. The van der Waals surface area contributed by atoms with Gasteiger partial charge in [-0.05, 0) is 36.8 Å². The number of benzene rings is 1. The molecule has 0 nitrogen and oxygen atoms in total. The Bertz CT molecular complexity index is 273. The largest absolute Gasteiger partial charge is 0.103 e. The summed E-state index contributed by atoms with van der Waals surface area (Å²) in [5.74, 6) is 0. The van der Waals surface area contributed by atoms with Crippen LogP contribution in [0.5, 0.6) is 0 Å². The highest BCUT2D eigenvalue weighted by Crippen LogP contribution is 2.10. The van der Waals surface area contributed by atoms with Crippen molar-refractivity contribution in [1.82, 2.24) is 0 Å². The van der Waals surface area contributed by atoms with Gasteiger partial charge >= 0.3 is 0 Å². The first kappa shape index (κ1) is 11.0. The summed E-state index contributed by atoms with van der Waals surface area (Å²) in [4.78, 5) is 0. The topological polar surface area (TPSA) is 0 Å². The fraction of sp³-hybridized carbons (Fsp3) is 0.429. The first-order valence-corrected chi connectivity index (χ1v) is 5.55. The van der Waals surface area contributed by atoms with E-state index in [1.165, 1.54) is 36.8 Å². The molecule has 0 heteroatoms. The fourth-order valence-electron chi connectivity index (χ4n) is 1.68. The maximum atomic E-state index is 3.74. The fourth-order valence-corrected chi connectivity index (χ4v) is 1.68. The van der Waals surface area contributed by atoms with Gasteiger partial charge in [0.15, 0.2) is 0 Å². The molecule has 0 heterocycles. The normalized spacial score (nSPS) is 10.1. The van der Waals surface area contributed by atoms with Crippen molar-refractivity contribution < 1.29 is 0 Å². The minimum atomic E-state index is 1.12. The highest BCUT2D eigenvalue weighted by atomic mass is 14.0. The second-order valence-corrected chi connectivity index (χ2v) is 3.75. The monoisotopic (exact) mass is 188 g/mol. The number of hydrogen-bond donors (Lipinski definition) is 0. The molecule has 0 aliphatic heterocycles. The van der Waals surface area contributed by atoms with E-state index in [9.17, 15) is 0 Å². The number of allylic oxidation sites excluding steroid dienone is 1. The van der Waals surface area contributed by atoms with E-state index in [1.54, 1.807) is 0 Å². The molecular weight excluding hydrogens is 168 g/mol. The van der Waals surface area contributed by atoms with Gasteiger partial charge in [-0.3, -0.25) is 0 Å². The molecule has 0 atom stereocenters. The van der Waals surface area contributed by atoms with Gasteiger partial charge in [-0.25, -0.2) is 0 Å². The van der Waals surface area contributed by atoms with Crippen molar-refractivity contribution in [2.24, 2.45) is 0 Å². The van der Waals surface area contributed by atoms with E-state index in [0.717, 1.165) is 6.42 Å².